The van der Waals surface area contributed by atoms with Crippen LogP contribution in [0.15, 0.2) is 0 Å². The molecule has 2 radical (unpaired) electrons. The molecule has 0 fully saturated rings. The van der Waals surface area contributed by atoms with Gasteiger partial charge in [0.25, 0.3) is 0 Å². The molecule has 0 amide bonds. The van der Waals surface area contributed by atoms with Crippen LogP contribution >= 0.6 is 0 Å². The second-order valence-corrected chi connectivity index (χ2v) is 3.84. The van der Waals surface area contributed by atoms with Crippen molar-refractivity contribution in [1.82, 2.24) is 0 Å². The highest BCUT2D eigenvalue weighted by atomic mass is 28.2. The van der Waals surface area contributed by atoms with E-state index in [2.05, 4.69) is 6.07 Å². The average molecular weight is 199 g/mol. The first-order valence-electron chi connectivity index (χ1n) is 4.68. The van der Waals surface area contributed by atoms with Crippen molar-refractivity contribution in [1.29, 1.82) is 5.26 Å². The van der Waals surface area contributed by atoms with Gasteiger partial charge in [-0.3, -0.25) is 0 Å². The van der Waals surface area contributed by atoms with Crippen LogP contribution in [0.5, 0.6) is 0 Å². The van der Waals surface area contributed by atoms with Gasteiger partial charge < -0.3 is 9.47 Å². The molecular weight excluding hydrogens is 182 g/mol. The lowest BCUT2D eigenvalue weighted by Gasteiger charge is -2.15. The molecule has 3 nitrogen and oxygen atoms in total. The van der Waals surface area contributed by atoms with E-state index in [-0.39, 0.29) is 5.91 Å². The summed E-state index contributed by atoms with van der Waals surface area (Å²) in [6.45, 7) is 5.31. The standard InChI is InChI=1S/C9H17NO2Si/c1-3-11-9(12-4-2)13-8-6-5-7-10/h9H,3-6,8H2,1-2H3. The predicted molar refractivity (Wildman–Crippen MR) is 52.4 cm³/mol. The topological polar surface area (TPSA) is 42.2 Å². The number of hydrogen-bond acceptors (Lipinski definition) is 3. The molecule has 0 N–H and O–H groups in total. The van der Waals surface area contributed by atoms with Gasteiger partial charge in [-0.15, -0.1) is 0 Å². The smallest absolute Gasteiger partial charge is 0.137 e. The number of nitrogens with zero attached hydrogens (tertiary/aromatic N) is 1. The minimum absolute atomic E-state index is 0.0475. The molecule has 0 aromatic heterocycles. The highest BCUT2D eigenvalue weighted by molar-refractivity contribution is 6.36. The van der Waals surface area contributed by atoms with Crippen LogP contribution in [0.1, 0.15) is 26.7 Å². The normalized spacial score (nSPS) is 10.3. The highest BCUT2D eigenvalue weighted by Gasteiger charge is 2.07. The van der Waals surface area contributed by atoms with Crippen molar-refractivity contribution in [3.05, 3.63) is 0 Å². The Morgan fingerprint density at radius 2 is 1.92 bits per heavy atom. The lowest BCUT2D eigenvalue weighted by molar-refractivity contribution is -0.0827. The number of rotatable bonds is 8. The van der Waals surface area contributed by atoms with Crippen LogP contribution in [0, 0.1) is 11.3 Å². The maximum Gasteiger partial charge on any atom is 0.137 e. The summed E-state index contributed by atoms with van der Waals surface area (Å²) in [5.74, 6) is -0.0475. The first kappa shape index (κ1) is 12.6. The summed E-state index contributed by atoms with van der Waals surface area (Å²) in [5, 5.41) is 8.33. The monoisotopic (exact) mass is 199 g/mol. The molecular formula is C9H17NO2Si. The summed E-state index contributed by atoms with van der Waals surface area (Å²) < 4.78 is 10.7. The van der Waals surface area contributed by atoms with Crippen LogP contribution in [0.3, 0.4) is 0 Å². The molecule has 0 unspecified atom stereocenters. The third-order valence-electron chi connectivity index (χ3n) is 1.41. The zero-order valence-electron chi connectivity index (χ0n) is 8.38. The molecule has 0 rings (SSSR count). The van der Waals surface area contributed by atoms with E-state index in [1.807, 2.05) is 13.8 Å². The Bertz CT molecular complexity index is 141. The number of unbranched alkanes of at least 4 members (excludes halogenated alkanes) is 1. The largest absolute Gasteiger partial charge is 0.357 e. The van der Waals surface area contributed by atoms with E-state index < -0.39 is 0 Å². The molecule has 0 saturated carbocycles. The lowest BCUT2D eigenvalue weighted by Crippen LogP contribution is -2.24. The van der Waals surface area contributed by atoms with Crippen molar-refractivity contribution in [2.75, 3.05) is 13.2 Å². The van der Waals surface area contributed by atoms with Crippen LogP contribution in [0.25, 0.3) is 0 Å². The van der Waals surface area contributed by atoms with E-state index >= 15 is 0 Å². The lowest BCUT2D eigenvalue weighted by atomic mass is 10.4. The molecule has 0 spiro atoms. The fourth-order valence-corrected chi connectivity index (χ4v) is 2.04. The molecule has 0 atom stereocenters. The minimum Gasteiger partial charge on any atom is -0.357 e. The van der Waals surface area contributed by atoms with Crippen LogP contribution in [0.4, 0.5) is 0 Å². The second kappa shape index (κ2) is 9.71. The van der Waals surface area contributed by atoms with Gasteiger partial charge >= 0.3 is 0 Å². The Morgan fingerprint density at radius 3 is 2.38 bits per heavy atom. The van der Waals surface area contributed by atoms with Crippen molar-refractivity contribution in [3.8, 4) is 6.07 Å². The van der Waals surface area contributed by atoms with E-state index in [9.17, 15) is 0 Å². The van der Waals surface area contributed by atoms with E-state index in [0.29, 0.717) is 29.2 Å². The number of hydrogen-bond donors (Lipinski definition) is 0. The van der Waals surface area contributed by atoms with Gasteiger partial charge in [-0.05, 0) is 20.3 Å². The van der Waals surface area contributed by atoms with Crippen molar-refractivity contribution in [3.63, 3.8) is 0 Å². The fraction of sp³-hybridized carbons (Fsp3) is 0.889. The van der Waals surface area contributed by atoms with E-state index in [4.69, 9.17) is 14.7 Å². The maximum absolute atomic E-state index is 8.33. The van der Waals surface area contributed by atoms with Gasteiger partial charge in [0.15, 0.2) is 0 Å². The van der Waals surface area contributed by atoms with E-state index in [1.54, 1.807) is 0 Å². The molecule has 0 aromatic carbocycles. The van der Waals surface area contributed by atoms with Crippen molar-refractivity contribution in [2.45, 2.75) is 38.6 Å². The molecule has 0 aliphatic rings. The fourth-order valence-electron chi connectivity index (χ4n) is 0.856. The van der Waals surface area contributed by atoms with Gasteiger partial charge in [0.2, 0.25) is 0 Å². The zero-order valence-corrected chi connectivity index (χ0v) is 9.38. The molecule has 4 heteroatoms. The average Bonchev–Trinajstić information content (AvgIpc) is 2.13. The molecule has 0 aliphatic heterocycles. The van der Waals surface area contributed by atoms with Gasteiger partial charge in [-0.2, -0.15) is 5.26 Å². The Morgan fingerprint density at radius 1 is 1.31 bits per heavy atom. The SMILES string of the molecule is CCOC(OCC)[Si]CCCC#N. The Kier molecular flexibility index (Phi) is 9.43. The highest BCUT2D eigenvalue weighted by Crippen LogP contribution is 2.00. The Labute approximate surface area is 82.9 Å². The molecule has 0 heterocycles. The molecule has 74 valence electrons. The number of ether oxygens (including phenoxy) is 2. The predicted octanol–water partition coefficient (Wildman–Crippen LogP) is 1.77. The van der Waals surface area contributed by atoms with Crippen LogP contribution in [0.2, 0.25) is 6.04 Å². The second-order valence-electron chi connectivity index (χ2n) is 2.46. The summed E-state index contributed by atoms with van der Waals surface area (Å²) in [6.07, 6.45) is 1.59. The summed E-state index contributed by atoms with van der Waals surface area (Å²) >= 11 is 0. The summed E-state index contributed by atoms with van der Waals surface area (Å²) in [6, 6.07) is 3.15. The zero-order chi connectivity index (χ0) is 9.94. The first-order valence-corrected chi connectivity index (χ1v) is 5.97. The molecule has 0 aromatic rings. The molecule has 0 bridgehead atoms. The van der Waals surface area contributed by atoms with E-state index in [0.717, 1.165) is 12.5 Å². The van der Waals surface area contributed by atoms with Gasteiger partial charge in [0, 0.05) is 19.6 Å². The minimum atomic E-state index is -0.0475. The first-order chi connectivity index (χ1) is 6.35. The molecule has 13 heavy (non-hydrogen) atoms. The quantitative estimate of drug-likeness (QED) is 0.340. The van der Waals surface area contributed by atoms with Crippen LogP contribution in [-0.2, 0) is 9.47 Å². The van der Waals surface area contributed by atoms with Crippen LogP contribution in [-0.4, -0.2) is 28.6 Å². The molecule has 0 aliphatic carbocycles. The van der Waals surface area contributed by atoms with Crippen molar-refractivity contribution >= 4 is 9.52 Å². The van der Waals surface area contributed by atoms with Crippen molar-refractivity contribution < 1.29 is 9.47 Å². The van der Waals surface area contributed by atoms with Crippen molar-refractivity contribution in [2.24, 2.45) is 0 Å². The van der Waals surface area contributed by atoms with E-state index in [1.165, 1.54) is 0 Å². The third-order valence-corrected chi connectivity index (χ3v) is 2.72. The van der Waals surface area contributed by atoms with Gasteiger partial charge in [0.05, 0.1) is 6.07 Å². The van der Waals surface area contributed by atoms with Crippen LogP contribution < -0.4 is 0 Å². The Hall–Kier alpha value is -0.373. The summed E-state index contributed by atoms with van der Waals surface area (Å²) in [7, 11) is 0.651. The summed E-state index contributed by atoms with van der Waals surface area (Å²) in [4.78, 5) is 0. The third kappa shape index (κ3) is 7.97. The Balaban J connectivity index is 3.39. The maximum atomic E-state index is 8.33. The molecule has 0 saturated heterocycles. The van der Waals surface area contributed by atoms with Gasteiger partial charge in [-0.1, -0.05) is 6.04 Å². The summed E-state index contributed by atoms with van der Waals surface area (Å²) in [5.41, 5.74) is 0. The van der Waals surface area contributed by atoms with Gasteiger partial charge in [-0.25, -0.2) is 0 Å². The number of nitriles is 1. The van der Waals surface area contributed by atoms with Gasteiger partial charge in [0.1, 0.15) is 15.4 Å².